The second kappa shape index (κ2) is 5.47. The van der Waals surface area contributed by atoms with E-state index < -0.39 is 17.2 Å². The molecule has 1 aromatic carbocycles. The van der Waals surface area contributed by atoms with E-state index in [-0.39, 0.29) is 10.7 Å². The number of thiazole rings is 1. The first-order valence-corrected chi connectivity index (χ1v) is 7.05. The predicted octanol–water partition coefficient (Wildman–Crippen LogP) is 2.42. The maximum atomic E-state index is 11.5. The molecule has 0 spiro atoms. The Bertz CT molecular complexity index is 627. The Morgan fingerprint density at radius 2 is 2.00 bits per heavy atom. The van der Waals surface area contributed by atoms with Crippen molar-refractivity contribution in [2.75, 3.05) is 4.31 Å². The minimum absolute atomic E-state index is 0.136. The van der Waals surface area contributed by atoms with Crippen molar-refractivity contribution in [1.29, 1.82) is 0 Å². The van der Waals surface area contributed by atoms with Crippen LogP contribution in [0, 0.1) is 6.92 Å². The molecule has 1 unspecified atom stereocenters. The molecule has 0 amide bonds. The van der Waals surface area contributed by atoms with E-state index in [1.165, 1.54) is 0 Å². The molecule has 0 aliphatic rings. The summed E-state index contributed by atoms with van der Waals surface area (Å²) in [5.74, 6) is -1.23. The average Bonchev–Trinajstić information content (AvgIpc) is 2.72. The van der Waals surface area contributed by atoms with Crippen LogP contribution in [0.1, 0.15) is 15.5 Å². The van der Waals surface area contributed by atoms with Gasteiger partial charge in [-0.1, -0.05) is 29.5 Å². The van der Waals surface area contributed by atoms with Crippen molar-refractivity contribution in [1.82, 2.24) is 4.98 Å². The third kappa shape index (κ3) is 2.80. The van der Waals surface area contributed by atoms with Gasteiger partial charge in [0.25, 0.3) is 11.3 Å². The van der Waals surface area contributed by atoms with Crippen LogP contribution in [0.5, 0.6) is 0 Å². The Morgan fingerprint density at radius 1 is 1.37 bits per heavy atom. The van der Waals surface area contributed by atoms with E-state index in [0.717, 1.165) is 15.6 Å². The summed E-state index contributed by atoms with van der Waals surface area (Å²) in [6, 6.07) is 8.40. The number of nitrogens with zero attached hydrogens (tertiary/aromatic N) is 2. The Hall–Kier alpha value is -1.77. The molecule has 2 aromatic rings. The molecule has 1 heterocycles. The zero-order chi connectivity index (χ0) is 14.0. The molecule has 0 bridgehead atoms. The summed E-state index contributed by atoms with van der Waals surface area (Å²) in [6.07, 6.45) is 0. The van der Waals surface area contributed by atoms with E-state index in [4.69, 9.17) is 5.11 Å². The molecule has 0 radical (unpaired) electrons. The molecule has 8 heteroatoms. The minimum Gasteiger partial charge on any atom is -0.476 e. The molecular formula is C11H10N2O4S2. The quantitative estimate of drug-likeness (QED) is 0.846. The van der Waals surface area contributed by atoms with Crippen molar-refractivity contribution in [2.24, 2.45) is 0 Å². The van der Waals surface area contributed by atoms with Gasteiger partial charge in [-0.25, -0.2) is 18.3 Å². The predicted molar refractivity (Wildman–Crippen MR) is 73.2 cm³/mol. The van der Waals surface area contributed by atoms with E-state index in [1.54, 1.807) is 37.3 Å². The molecule has 2 rings (SSSR count). The van der Waals surface area contributed by atoms with Gasteiger partial charge < -0.3 is 5.11 Å². The molecule has 0 aliphatic carbocycles. The van der Waals surface area contributed by atoms with E-state index >= 15 is 0 Å². The smallest absolute Gasteiger partial charge is 0.357 e. The highest BCUT2D eigenvalue weighted by atomic mass is 32.2. The molecule has 0 fully saturated rings. The number of carbonyl (C=O) groups is 1. The van der Waals surface area contributed by atoms with Crippen molar-refractivity contribution in [3.8, 4) is 0 Å². The van der Waals surface area contributed by atoms with Gasteiger partial charge in [-0.05, 0) is 19.1 Å². The topological polar surface area (TPSA) is 90.7 Å². The Balaban J connectivity index is 2.58. The summed E-state index contributed by atoms with van der Waals surface area (Å²) in [7, 11) is 0. The highest BCUT2D eigenvalue weighted by Crippen LogP contribution is 2.34. The van der Waals surface area contributed by atoms with Gasteiger partial charge in [0.05, 0.1) is 10.7 Å². The van der Waals surface area contributed by atoms with Crippen molar-refractivity contribution in [3.63, 3.8) is 0 Å². The first kappa shape index (κ1) is 13.7. The fourth-order valence-corrected chi connectivity index (χ4v) is 3.20. The monoisotopic (exact) mass is 298 g/mol. The van der Waals surface area contributed by atoms with E-state index in [1.807, 2.05) is 0 Å². The van der Waals surface area contributed by atoms with Crippen LogP contribution in [-0.4, -0.2) is 24.8 Å². The molecular weight excluding hydrogens is 288 g/mol. The Kier molecular flexibility index (Phi) is 3.93. The number of benzene rings is 1. The SMILES string of the molecule is Cc1nc(C(=O)O)c(N(c2ccccc2)S(=O)O)s1. The van der Waals surface area contributed by atoms with Crippen LogP contribution in [0.2, 0.25) is 0 Å². The second-order valence-electron chi connectivity index (χ2n) is 3.55. The van der Waals surface area contributed by atoms with Crippen LogP contribution < -0.4 is 4.31 Å². The van der Waals surface area contributed by atoms with Crippen LogP contribution in [0.25, 0.3) is 0 Å². The third-order valence-electron chi connectivity index (χ3n) is 2.25. The second-order valence-corrected chi connectivity index (χ2v) is 5.56. The maximum Gasteiger partial charge on any atom is 0.357 e. The number of carboxylic acid groups (broad SMARTS) is 1. The van der Waals surface area contributed by atoms with Gasteiger partial charge in [0.2, 0.25) is 0 Å². The molecule has 19 heavy (non-hydrogen) atoms. The van der Waals surface area contributed by atoms with Crippen LogP contribution in [0.15, 0.2) is 30.3 Å². The molecule has 0 saturated carbocycles. The van der Waals surface area contributed by atoms with Crippen molar-refractivity contribution in [3.05, 3.63) is 41.0 Å². The molecule has 2 N–H and O–H groups in total. The maximum absolute atomic E-state index is 11.5. The highest BCUT2D eigenvalue weighted by Gasteiger charge is 2.25. The van der Waals surface area contributed by atoms with Gasteiger partial charge in [-0.15, -0.1) is 0 Å². The van der Waals surface area contributed by atoms with Crippen LogP contribution in [-0.2, 0) is 11.3 Å². The van der Waals surface area contributed by atoms with Crippen molar-refractivity contribution >= 4 is 39.3 Å². The number of rotatable bonds is 4. The Labute approximate surface area is 115 Å². The van der Waals surface area contributed by atoms with Gasteiger partial charge in [0.1, 0.15) is 5.00 Å². The summed E-state index contributed by atoms with van der Waals surface area (Å²) in [4.78, 5) is 15.0. The lowest BCUT2D eigenvalue weighted by molar-refractivity contribution is 0.0692. The summed E-state index contributed by atoms with van der Waals surface area (Å²) in [5.41, 5.74) is 0.197. The average molecular weight is 298 g/mol. The number of para-hydroxylation sites is 1. The minimum atomic E-state index is -2.38. The third-order valence-corrected chi connectivity index (χ3v) is 4.03. The zero-order valence-corrected chi connectivity index (χ0v) is 11.4. The lowest BCUT2D eigenvalue weighted by atomic mass is 10.3. The van der Waals surface area contributed by atoms with Gasteiger partial charge in [-0.2, -0.15) is 0 Å². The van der Waals surface area contributed by atoms with Crippen LogP contribution >= 0.6 is 11.3 Å². The number of aromatic nitrogens is 1. The number of hydrogen-bond donors (Lipinski definition) is 2. The Morgan fingerprint density at radius 3 is 2.53 bits per heavy atom. The first-order valence-electron chi connectivity index (χ1n) is 5.17. The normalized spacial score (nSPS) is 12.1. The summed E-state index contributed by atoms with van der Waals surface area (Å²) < 4.78 is 22.0. The molecule has 6 nitrogen and oxygen atoms in total. The number of aryl methyl sites for hydroxylation is 1. The standard InChI is InChI=1S/C11H10N2O4S2/c1-7-12-9(11(14)15)10(18-7)13(19(16)17)8-5-3-2-4-6-8/h2-6H,1H3,(H,14,15)(H,16,17). The zero-order valence-electron chi connectivity index (χ0n) is 9.81. The van der Waals surface area contributed by atoms with Crippen molar-refractivity contribution in [2.45, 2.75) is 6.92 Å². The molecule has 1 atom stereocenters. The van der Waals surface area contributed by atoms with E-state index in [9.17, 15) is 13.6 Å². The number of hydrogen-bond acceptors (Lipinski definition) is 4. The molecule has 0 aliphatic heterocycles. The van der Waals surface area contributed by atoms with Gasteiger partial charge >= 0.3 is 5.97 Å². The number of aromatic carboxylic acids is 1. The van der Waals surface area contributed by atoms with E-state index in [0.29, 0.717) is 10.7 Å². The summed E-state index contributed by atoms with van der Waals surface area (Å²) in [6.45, 7) is 1.64. The van der Waals surface area contributed by atoms with Gasteiger partial charge in [0, 0.05) is 0 Å². The van der Waals surface area contributed by atoms with Crippen LogP contribution in [0.4, 0.5) is 10.7 Å². The number of carboxylic acids is 1. The summed E-state index contributed by atoms with van der Waals surface area (Å²) in [5, 5.41) is 9.74. The lowest BCUT2D eigenvalue weighted by Gasteiger charge is -2.18. The summed E-state index contributed by atoms with van der Waals surface area (Å²) >= 11 is -1.32. The number of anilines is 2. The van der Waals surface area contributed by atoms with Gasteiger partial charge in [-0.3, -0.25) is 4.55 Å². The van der Waals surface area contributed by atoms with Gasteiger partial charge in [0.15, 0.2) is 5.69 Å². The fourth-order valence-electron chi connectivity index (χ4n) is 1.54. The first-order chi connectivity index (χ1) is 9.00. The van der Waals surface area contributed by atoms with Crippen LogP contribution in [0.3, 0.4) is 0 Å². The molecule has 0 saturated heterocycles. The fraction of sp³-hybridized carbons (Fsp3) is 0.0909. The lowest BCUT2D eigenvalue weighted by Crippen LogP contribution is -2.20. The van der Waals surface area contributed by atoms with E-state index in [2.05, 4.69) is 4.98 Å². The highest BCUT2D eigenvalue weighted by molar-refractivity contribution is 7.81. The van der Waals surface area contributed by atoms with Crippen molar-refractivity contribution < 1.29 is 18.7 Å². The molecule has 100 valence electrons. The largest absolute Gasteiger partial charge is 0.476 e. The molecule has 1 aromatic heterocycles.